The van der Waals surface area contributed by atoms with Gasteiger partial charge in [0, 0.05) is 20.1 Å². The number of guanidine groups is 1. The monoisotopic (exact) mass is 459 g/mol. The van der Waals surface area contributed by atoms with Crippen molar-refractivity contribution in [1.29, 1.82) is 0 Å². The maximum atomic E-state index is 4.36. The Balaban J connectivity index is 0.00000312. The lowest BCUT2D eigenvalue weighted by molar-refractivity contribution is 0.245. The number of likely N-dealkylation sites (tertiary alicyclic amines) is 1. The van der Waals surface area contributed by atoms with Crippen molar-refractivity contribution in [1.82, 2.24) is 20.4 Å². The van der Waals surface area contributed by atoms with Gasteiger partial charge in [0.15, 0.2) is 5.96 Å². The van der Waals surface area contributed by atoms with Crippen LogP contribution in [0.2, 0.25) is 0 Å². The molecule has 1 aromatic rings. The van der Waals surface area contributed by atoms with Crippen LogP contribution in [0.3, 0.4) is 0 Å². The summed E-state index contributed by atoms with van der Waals surface area (Å²) in [5, 5.41) is 6.93. The van der Waals surface area contributed by atoms with E-state index in [9.17, 15) is 0 Å². The van der Waals surface area contributed by atoms with Crippen LogP contribution < -0.4 is 10.6 Å². The van der Waals surface area contributed by atoms with Crippen molar-refractivity contribution in [2.75, 3.05) is 53.9 Å². The maximum absolute atomic E-state index is 4.36. The van der Waals surface area contributed by atoms with E-state index in [1.807, 2.05) is 7.05 Å². The first-order valence-electron chi connectivity index (χ1n) is 9.09. The molecule has 1 aliphatic rings. The van der Waals surface area contributed by atoms with Crippen LogP contribution in [-0.4, -0.2) is 69.6 Å². The van der Waals surface area contributed by atoms with Crippen molar-refractivity contribution in [3.8, 4) is 0 Å². The zero-order chi connectivity index (χ0) is 17.2. The molecule has 1 aromatic carbocycles. The van der Waals surface area contributed by atoms with Gasteiger partial charge >= 0.3 is 0 Å². The second-order valence-corrected chi connectivity index (χ2v) is 6.71. The van der Waals surface area contributed by atoms with Crippen LogP contribution in [0, 0.1) is 0 Å². The number of benzene rings is 1. The van der Waals surface area contributed by atoms with E-state index in [1.54, 1.807) is 0 Å². The number of rotatable bonds is 8. The van der Waals surface area contributed by atoms with Gasteiger partial charge in [0.1, 0.15) is 0 Å². The lowest BCUT2D eigenvalue weighted by Crippen LogP contribution is -2.43. The minimum atomic E-state index is 0. The number of nitrogens with zero attached hydrogens (tertiary/aromatic N) is 3. The molecule has 0 radical (unpaired) electrons. The fourth-order valence-corrected chi connectivity index (χ4v) is 3.20. The summed E-state index contributed by atoms with van der Waals surface area (Å²) in [6.07, 6.45) is 3.73. The molecule has 5 nitrogen and oxygen atoms in total. The largest absolute Gasteiger partial charge is 0.356 e. The zero-order valence-corrected chi connectivity index (χ0v) is 18.2. The molecule has 1 unspecified atom stereocenters. The molecule has 0 amide bonds. The number of hydrogen-bond acceptors (Lipinski definition) is 3. The van der Waals surface area contributed by atoms with Crippen LogP contribution in [0.25, 0.3) is 0 Å². The molecule has 0 aromatic heterocycles. The smallest absolute Gasteiger partial charge is 0.191 e. The lowest BCUT2D eigenvalue weighted by atomic mass is 10.1. The highest BCUT2D eigenvalue weighted by atomic mass is 127. The Morgan fingerprint density at radius 1 is 1.16 bits per heavy atom. The normalized spacial score (nSPS) is 16.6. The SMILES string of the molecule is CN=C(NCCCN(C)C)NCC(c1ccccc1)N1CCCC1.I. The second kappa shape index (κ2) is 12.5. The predicted molar refractivity (Wildman–Crippen MR) is 118 cm³/mol. The van der Waals surface area contributed by atoms with Gasteiger partial charge in [0.25, 0.3) is 0 Å². The third-order valence-corrected chi connectivity index (χ3v) is 4.53. The van der Waals surface area contributed by atoms with Gasteiger partial charge < -0.3 is 15.5 Å². The van der Waals surface area contributed by atoms with Gasteiger partial charge in [-0.15, -0.1) is 24.0 Å². The number of hydrogen-bond donors (Lipinski definition) is 2. The van der Waals surface area contributed by atoms with E-state index in [1.165, 1.54) is 31.5 Å². The number of nitrogens with one attached hydrogen (secondary N) is 2. The predicted octanol–water partition coefficient (Wildman–Crippen LogP) is 2.56. The van der Waals surface area contributed by atoms with Gasteiger partial charge in [-0.3, -0.25) is 9.89 Å². The minimum Gasteiger partial charge on any atom is -0.356 e. The van der Waals surface area contributed by atoms with Crippen molar-refractivity contribution < 1.29 is 0 Å². The summed E-state index contributed by atoms with van der Waals surface area (Å²) >= 11 is 0. The molecule has 2 N–H and O–H groups in total. The van der Waals surface area contributed by atoms with E-state index in [2.05, 4.69) is 69.9 Å². The summed E-state index contributed by atoms with van der Waals surface area (Å²) in [5.41, 5.74) is 1.38. The molecule has 1 atom stereocenters. The Bertz CT molecular complexity index is 486. The Morgan fingerprint density at radius 2 is 1.84 bits per heavy atom. The first-order chi connectivity index (χ1) is 11.7. The van der Waals surface area contributed by atoms with Crippen molar-refractivity contribution in [3.63, 3.8) is 0 Å². The molecular formula is C19H34IN5. The molecule has 1 fully saturated rings. The van der Waals surface area contributed by atoms with Crippen LogP contribution in [0.5, 0.6) is 0 Å². The van der Waals surface area contributed by atoms with Gasteiger partial charge in [-0.2, -0.15) is 0 Å². The fraction of sp³-hybridized carbons (Fsp3) is 0.632. The van der Waals surface area contributed by atoms with Crippen LogP contribution in [-0.2, 0) is 0 Å². The Morgan fingerprint density at radius 3 is 2.44 bits per heavy atom. The van der Waals surface area contributed by atoms with Gasteiger partial charge in [0.2, 0.25) is 0 Å². The highest BCUT2D eigenvalue weighted by molar-refractivity contribution is 14.0. The summed E-state index contributed by atoms with van der Waals surface area (Å²) < 4.78 is 0. The first kappa shape index (κ1) is 22.2. The summed E-state index contributed by atoms with van der Waals surface area (Å²) in [7, 11) is 6.05. The lowest BCUT2D eigenvalue weighted by Gasteiger charge is -2.29. The third-order valence-electron chi connectivity index (χ3n) is 4.53. The van der Waals surface area contributed by atoms with Crippen LogP contribution in [0.4, 0.5) is 0 Å². The number of aliphatic imine (C=N–C) groups is 1. The van der Waals surface area contributed by atoms with Crippen molar-refractivity contribution in [3.05, 3.63) is 35.9 Å². The Labute approximate surface area is 170 Å². The van der Waals surface area contributed by atoms with Crippen molar-refractivity contribution in [2.45, 2.75) is 25.3 Å². The molecule has 0 aliphatic carbocycles. The van der Waals surface area contributed by atoms with E-state index >= 15 is 0 Å². The Hall–Kier alpha value is -0.860. The third kappa shape index (κ3) is 7.92. The molecule has 0 spiro atoms. The highest BCUT2D eigenvalue weighted by Crippen LogP contribution is 2.24. The van der Waals surface area contributed by atoms with Gasteiger partial charge in [-0.1, -0.05) is 30.3 Å². The molecule has 142 valence electrons. The molecule has 2 rings (SSSR count). The van der Waals surface area contributed by atoms with Crippen LogP contribution in [0.1, 0.15) is 30.9 Å². The first-order valence-corrected chi connectivity index (χ1v) is 9.09. The summed E-state index contributed by atoms with van der Waals surface area (Å²) in [6.45, 7) is 5.30. The second-order valence-electron chi connectivity index (χ2n) is 6.71. The molecule has 6 heteroatoms. The molecular weight excluding hydrogens is 425 g/mol. The van der Waals surface area contributed by atoms with Crippen LogP contribution in [0.15, 0.2) is 35.3 Å². The maximum Gasteiger partial charge on any atom is 0.191 e. The molecule has 0 bridgehead atoms. The van der Waals surface area contributed by atoms with Gasteiger partial charge in [-0.25, -0.2) is 0 Å². The van der Waals surface area contributed by atoms with E-state index < -0.39 is 0 Å². The topological polar surface area (TPSA) is 42.9 Å². The average molecular weight is 459 g/mol. The Kier molecular flexibility index (Phi) is 11.1. The fourth-order valence-electron chi connectivity index (χ4n) is 3.20. The highest BCUT2D eigenvalue weighted by Gasteiger charge is 2.23. The number of halogens is 1. The van der Waals surface area contributed by atoms with E-state index in [0.717, 1.165) is 32.0 Å². The van der Waals surface area contributed by atoms with E-state index in [-0.39, 0.29) is 24.0 Å². The average Bonchev–Trinajstić information content (AvgIpc) is 3.12. The van der Waals surface area contributed by atoms with Crippen molar-refractivity contribution >= 4 is 29.9 Å². The zero-order valence-electron chi connectivity index (χ0n) is 15.9. The molecule has 1 saturated heterocycles. The summed E-state index contributed by atoms with van der Waals surface area (Å²) in [4.78, 5) is 9.15. The summed E-state index contributed by atoms with van der Waals surface area (Å²) in [6, 6.07) is 11.2. The van der Waals surface area contributed by atoms with E-state index in [4.69, 9.17) is 0 Å². The van der Waals surface area contributed by atoms with Crippen molar-refractivity contribution in [2.24, 2.45) is 4.99 Å². The standard InChI is InChI=1S/C19H33N5.HI/c1-20-19(21-12-9-13-23(2)3)22-16-18(24-14-7-8-15-24)17-10-5-4-6-11-17;/h4-6,10-11,18H,7-9,12-16H2,1-3H3,(H2,20,21,22);1H. The molecule has 25 heavy (non-hydrogen) atoms. The quantitative estimate of drug-likeness (QED) is 0.272. The summed E-state index contributed by atoms with van der Waals surface area (Å²) in [5.74, 6) is 0.897. The van der Waals surface area contributed by atoms with E-state index in [0.29, 0.717) is 6.04 Å². The molecule has 1 heterocycles. The van der Waals surface area contributed by atoms with Crippen LogP contribution >= 0.6 is 24.0 Å². The molecule has 1 aliphatic heterocycles. The minimum absolute atomic E-state index is 0. The molecule has 0 saturated carbocycles. The van der Waals surface area contributed by atoms with Gasteiger partial charge in [0.05, 0.1) is 6.04 Å². The van der Waals surface area contributed by atoms with Gasteiger partial charge in [-0.05, 0) is 58.6 Å².